The number of carbonyl (C=O) groups excluding carboxylic acids is 1. The third-order valence-electron chi connectivity index (χ3n) is 5.82. The zero-order chi connectivity index (χ0) is 24.9. The number of carbonyl (C=O) groups is 1. The lowest BCUT2D eigenvalue weighted by molar-refractivity contribution is -0.143. The fraction of sp³-hybridized carbons (Fsp3) is 0.269. The molecule has 3 heterocycles. The van der Waals surface area contributed by atoms with E-state index < -0.39 is 12.0 Å². The Hall–Kier alpha value is -3.36. The van der Waals surface area contributed by atoms with Gasteiger partial charge in [0.2, 0.25) is 6.79 Å². The number of fused-ring (bicyclic) bond motifs is 2. The quantitative estimate of drug-likeness (QED) is 0.498. The van der Waals surface area contributed by atoms with Gasteiger partial charge in [-0.2, -0.15) is 0 Å². The molecule has 0 unspecified atom stereocenters. The van der Waals surface area contributed by atoms with Crippen LogP contribution >= 0.6 is 22.9 Å². The topological polar surface area (TPSA) is 79.1 Å². The summed E-state index contributed by atoms with van der Waals surface area (Å²) >= 11 is 7.39. The van der Waals surface area contributed by atoms with E-state index in [0.717, 1.165) is 16.7 Å². The van der Waals surface area contributed by atoms with Gasteiger partial charge < -0.3 is 14.2 Å². The first kappa shape index (κ1) is 23.4. The van der Waals surface area contributed by atoms with Crippen LogP contribution in [-0.4, -0.2) is 23.4 Å². The summed E-state index contributed by atoms with van der Waals surface area (Å²) in [5.74, 6) is 0.832. The minimum absolute atomic E-state index is 0.177. The predicted molar refractivity (Wildman–Crippen MR) is 134 cm³/mol. The van der Waals surface area contributed by atoms with E-state index in [1.807, 2.05) is 37.3 Å². The summed E-state index contributed by atoms with van der Waals surface area (Å²) in [6.07, 6.45) is 1.51. The molecule has 7 nitrogen and oxygen atoms in total. The van der Waals surface area contributed by atoms with Gasteiger partial charge in [0.15, 0.2) is 16.3 Å². The highest BCUT2D eigenvalue weighted by molar-refractivity contribution is 7.07. The molecule has 0 saturated carbocycles. The van der Waals surface area contributed by atoms with Gasteiger partial charge in [0, 0.05) is 5.02 Å². The summed E-state index contributed by atoms with van der Waals surface area (Å²) < 4.78 is 18.5. The molecule has 0 saturated heterocycles. The molecule has 0 radical (unpaired) electrons. The van der Waals surface area contributed by atoms with Crippen LogP contribution in [0.2, 0.25) is 5.02 Å². The van der Waals surface area contributed by atoms with E-state index in [1.165, 1.54) is 11.3 Å². The third-order valence-corrected chi connectivity index (χ3v) is 7.05. The van der Waals surface area contributed by atoms with E-state index in [9.17, 15) is 9.59 Å². The van der Waals surface area contributed by atoms with E-state index in [-0.39, 0.29) is 18.5 Å². The van der Waals surface area contributed by atoms with E-state index in [1.54, 1.807) is 37.5 Å². The first-order valence-electron chi connectivity index (χ1n) is 11.1. The van der Waals surface area contributed by atoms with Crippen LogP contribution in [0.5, 0.6) is 11.5 Å². The fourth-order valence-corrected chi connectivity index (χ4v) is 5.34. The van der Waals surface area contributed by atoms with Crippen LogP contribution in [-0.2, 0) is 9.53 Å². The number of halogens is 1. The average Bonchev–Trinajstić information content (AvgIpc) is 3.36. The molecule has 0 N–H and O–H groups in total. The van der Waals surface area contributed by atoms with Crippen LogP contribution in [0, 0.1) is 6.92 Å². The number of benzene rings is 2. The van der Waals surface area contributed by atoms with Crippen LogP contribution in [0.25, 0.3) is 6.08 Å². The monoisotopic (exact) mass is 510 g/mol. The molecular formula is C26H23ClN2O5S. The Morgan fingerprint density at radius 3 is 2.57 bits per heavy atom. The Morgan fingerprint density at radius 1 is 1.20 bits per heavy atom. The minimum atomic E-state index is -0.685. The lowest BCUT2D eigenvalue weighted by atomic mass is 9.96. The Kier molecular flexibility index (Phi) is 6.02. The van der Waals surface area contributed by atoms with Gasteiger partial charge >= 0.3 is 5.97 Å². The summed E-state index contributed by atoms with van der Waals surface area (Å²) in [5.41, 5.74) is 3.14. The first-order valence-corrected chi connectivity index (χ1v) is 12.3. The van der Waals surface area contributed by atoms with E-state index in [4.69, 9.17) is 25.8 Å². The zero-order valence-corrected chi connectivity index (χ0v) is 21.2. The molecule has 2 aliphatic rings. The second-order valence-corrected chi connectivity index (χ2v) is 10.1. The Labute approximate surface area is 210 Å². The zero-order valence-electron chi connectivity index (χ0n) is 19.6. The van der Waals surface area contributed by atoms with Gasteiger partial charge in [-0.05, 0) is 74.7 Å². The molecule has 5 rings (SSSR count). The molecule has 1 aromatic heterocycles. The van der Waals surface area contributed by atoms with Gasteiger partial charge in [0.05, 0.1) is 27.9 Å². The maximum absolute atomic E-state index is 13.7. The number of allylic oxidation sites excluding steroid dienone is 1. The molecule has 2 aromatic carbocycles. The van der Waals surface area contributed by atoms with Crippen molar-refractivity contribution in [2.75, 3.05) is 6.79 Å². The van der Waals surface area contributed by atoms with Crippen molar-refractivity contribution in [2.45, 2.75) is 39.8 Å². The summed E-state index contributed by atoms with van der Waals surface area (Å²) in [6.45, 7) is 7.46. The molecular weight excluding hydrogens is 488 g/mol. The molecule has 35 heavy (non-hydrogen) atoms. The van der Waals surface area contributed by atoms with Crippen molar-refractivity contribution in [3.05, 3.63) is 89.1 Å². The van der Waals surface area contributed by atoms with Crippen molar-refractivity contribution in [1.29, 1.82) is 0 Å². The van der Waals surface area contributed by atoms with E-state index in [0.29, 0.717) is 37.1 Å². The van der Waals surface area contributed by atoms with Gasteiger partial charge in [-0.15, -0.1) is 0 Å². The second-order valence-electron chi connectivity index (χ2n) is 8.65. The van der Waals surface area contributed by atoms with Crippen molar-refractivity contribution in [2.24, 2.45) is 4.99 Å². The van der Waals surface area contributed by atoms with Gasteiger partial charge in [0.1, 0.15) is 0 Å². The number of rotatable bonds is 4. The van der Waals surface area contributed by atoms with Crippen LogP contribution in [0.4, 0.5) is 0 Å². The molecule has 0 bridgehead atoms. The molecule has 180 valence electrons. The summed E-state index contributed by atoms with van der Waals surface area (Å²) in [5, 5.41) is 0.562. The molecule has 0 spiro atoms. The molecule has 0 aliphatic carbocycles. The molecule has 3 aromatic rings. The summed E-state index contributed by atoms with van der Waals surface area (Å²) in [7, 11) is 0. The lowest BCUT2D eigenvalue weighted by Gasteiger charge is -2.25. The van der Waals surface area contributed by atoms with Gasteiger partial charge in [-0.1, -0.05) is 35.1 Å². The number of esters is 1. The Balaban J connectivity index is 1.70. The number of aromatic nitrogens is 1. The highest BCUT2D eigenvalue weighted by Gasteiger charge is 2.33. The van der Waals surface area contributed by atoms with Crippen molar-refractivity contribution in [3.8, 4) is 11.5 Å². The highest BCUT2D eigenvalue weighted by atomic mass is 35.5. The van der Waals surface area contributed by atoms with Crippen molar-refractivity contribution < 1.29 is 19.0 Å². The lowest BCUT2D eigenvalue weighted by Crippen LogP contribution is -2.40. The minimum Gasteiger partial charge on any atom is -0.459 e. The maximum Gasteiger partial charge on any atom is 0.338 e. The fourth-order valence-electron chi connectivity index (χ4n) is 4.18. The van der Waals surface area contributed by atoms with Crippen molar-refractivity contribution in [3.63, 3.8) is 0 Å². The Bertz CT molecular complexity index is 1550. The molecule has 1 atom stereocenters. The predicted octanol–water partition coefficient (Wildman–Crippen LogP) is 3.88. The van der Waals surface area contributed by atoms with Crippen LogP contribution < -0.4 is 24.4 Å². The summed E-state index contributed by atoms with van der Waals surface area (Å²) in [6, 6.07) is 10.2. The first-order chi connectivity index (χ1) is 16.7. The van der Waals surface area contributed by atoms with Gasteiger partial charge in [0.25, 0.3) is 5.56 Å². The standard InChI is InChI=1S/C26H23ClN2O5S/c1-13(2)34-25(31)22-15(4)28-26-29(23(22)16-5-7-18(27)8-6-16)24(30)21(35-26)11-17-10-20-19(9-14(17)3)32-12-33-20/h5-11,13,23H,12H2,1-4H3/b21-11-/t23-/m0/s1. The number of hydrogen-bond acceptors (Lipinski definition) is 7. The third kappa shape index (κ3) is 4.28. The van der Waals surface area contributed by atoms with Crippen LogP contribution in [0.15, 0.2) is 57.5 Å². The number of nitrogens with zero attached hydrogens (tertiary/aromatic N) is 2. The van der Waals surface area contributed by atoms with Crippen LogP contribution in [0.3, 0.4) is 0 Å². The van der Waals surface area contributed by atoms with Crippen molar-refractivity contribution >= 4 is 35.0 Å². The van der Waals surface area contributed by atoms with Gasteiger partial charge in [-0.25, -0.2) is 9.79 Å². The maximum atomic E-state index is 13.7. The number of hydrogen-bond donors (Lipinski definition) is 0. The van der Waals surface area contributed by atoms with Crippen LogP contribution in [0.1, 0.15) is 43.5 Å². The molecule has 0 fully saturated rings. The average molecular weight is 511 g/mol. The van der Waals surface area contributed by atoms with Crippen molar-refractivity contribution in [1.82, 2.24) is 4.57 Å². The number of thiazole rings is 1. The smallest absolute Gasteiger partial charge is 0.338 e. The van der Waals surface area contributed by atoms with Gasteiger partial charge in [-0.3, -0.25) is 9.36 Å². The SMILES string of the molecule is CC1=C(C(=O)OC(C)C)[C@H](c2ccc(Cl)cc2)n2c(s/c(=C\c3cc4c(cc3C)OCO4)c2=O)=N1. The molecule has 0 amide bonds. The molecule has 2 aliphatic heterocycles. The largest absolute Gasteiger partial charge is 0.459 e. The van der Waals surface area contributed by atoms with E-state index >= 15 is 0 Å². The normalized spacial score (nSPS) is 17.0. The highest BCUT2D eigenvalue weighted by Crippen LogP contribution is 2.35. The second kappa shape index (κ2) is 9.02. The number of aryl methyl sites for hydroxylation is 1. The number of ether oxygens (including phenoxy) is 3. The van der Waals surface area contributed by atoms with E-state index in [2.05, 4.69) is 4.99 Å². The molecule has 9 heteroatoms. The Morgan fingerprint density at radius 2 is 1.89 bits per heavy atom. The summed E-state index contributed by atoms with van der Waals surface area (Å²) in [4.78, 5) is 32.0.